The number of nitrogens with zero attached hydrogens (tertiary/aromatic N) is 1. The Morgan fingerprint density at radius 1 is 1.24 bits per heavy atom. The fourth-order valence-electron chi connectivity index (χ4n) is 3.21. The molecule has 2 atom stereocenters. The number of amides is 4. The van der Waals surface area contributed by atoms with Gasteiger partial charge < -0.3 is 26.7 Å². The van der Waals surface area contributed by atoms with Gasteiger partial charge in [0.05, 0.1) is 0 Å². The molecule has 1 saturated heterocycles. The van der Waals surface area contributed by atoms with Crippen LogP contribution in [0.5, 0.6) is 0 Å². The molecule has 2 rings (SSSR count). The molecule has 37 heavy (non-hydrogen) atoms. The Morgan fingerprint density at radius 3 is 2.14 bits per heavy atom. The van der Waals surface area contributed by atoms with Crippen LogP contribution in [0.2, 0.25) is 0 Å². The maximum Gasteiger partial charge on any atom is 0.470 e. The second-order valence-electron chi connectivity index (χ2n) is 10.7. The fourth-order valence-corrected chi connectivity index (χ4v) is 3.21. The first-order valence-electron chi connectivity index (χ1n) is 11.5. The molecule has 1 aliphatic heterocycles. The number of likely N-dealkylation sites (tertiary alicyclic amines) is 1. The quantitative estimate of drug-likeness (QED) is 0.406. The summed E-state index contributed by atoms with van der Waals surface area (Å²) in [7, 11) is 0. The molecular formula is C24H38F3N5O5. The Labute approximate surface area is 214 Å². The van der Waals surface area contributed by atoms with Crippen molar-refractivity contribution >= 4 is 24.1 Å². The molecule has 2 heterocycles. The van der Waals surface area contributed by atoms with Crippen LogP contribution in [0.3, 0.4) is 0 Å². The zero-order chi connectivity index (χ0) is 29.2. The normalized spacial score (nSPS) is 17.3. The number of aromatic nitrogens is 1. The minimum absolute atomic E-state index is 0.0875. The van der Waals surface area contributed by atoms with E-state index in [1.807, 2.05) is 4.90 Å². The van der Waals surface area contributed by atoms with Crippen LogP contribution in [0.25, 0.3) is 0 Å². The van der Waals surface area contributed by atoms with E-state index in [0.29, 0.717) is 30.2 Å². The molecule has 10 nitrogen and oxygen atoms in total. The third-order valence-corrected chi connectivity index (χ3v) is 5.68. The molecule has 0 saturated carbocycles. The Kier molecular flexibility index (Phi) is 12.5. The molecule has 0 radical (unpaired) electrons. The number of alkyl halides is 3. The van der Waals surface area contributed by atoms with Crippen LogP contribution in [-0.4, -0.2) is 59.3 Å². The third-order valence-electron chi connectivity index (χ3n) is 5.68. The first-order chi connectivity index (χ1) is 16.7. The maximum atomic E-state index is 12.0. The minimum atomic E-state index is -4.86. The molecule has 0 aromatic carbocycles. The lowest BCUT2D eigenvalue weighted by molar-refractivity contribution is -0.169. The van der Waals surface area contributed by atoms with Crippen molar-refractivity contribution in [2.75, 3.05) is 13.1 Å². The summed E-state index contributed by atoms with van der Waals surface area (Å²) in [6.07, 6.45) is -2.25. The summed E-state index contributed by atoms with van der Waals surface area (Å²) in [5.41, 5.74) is 9.35. The molecule has 4 amide bonds. The van der Waals surface area contributed by atoms with E-state index >= 15 is 0 Å². The average Bonchev–Trinajstić information content (AvgIpc) is 3.01. The molecule has 0 aliphatic carbocycles. The molecule has 13 heteroatoms. The highest BCUT2D eigenvalue weighted by Gasteiger charge is 2.39. The zero-order valence-electron chi connectivity index (χ0n) is 22.1. The summed E-state index contributed by atoms with van der Waals surface area (Å²) in [5.74, 6) is -2.00. The number of primary amides is 2. The highest BCUT2D eigenvalue weighted by molar-refractivity contribution is 5.82. The van der Waals surface area contributed by atoms with Gasteiger partial charge in [-0.1, -0.05) is 47.6 Å². The van der Waals surface area contributed by atoms with E-state index in [0.717, 1.165) is 13.1 Å². The molecule has 0 bridgehead atoms. The van der Waals surface area contributed by atoms with Crippen molar-refractivity contribution in [3.63, 3.8) is 0 Å². The van der Waals surface area contributed by atoms with E-state index in [-0.39, 0.29) is 22.8 Å². The third kappa shape index (κ3) is 12.9. The monoisotopic (exact) mass is 533 g/mol. The number of carbonyl (C=O) groups excluding carboxylic acids is 4. The van der Waals surface area contributed by atoms with Gasteiger partial charge in [-0.15, -0.1) is 0 Å². The molecule has 1 fully saturated rings. The topological polar surface area (TPSA) is 168 Å². The van der Waals surface area contributed by atoms with Gasteiger partial charge >= 0.3 is 12.1 Å². The van der Waals surface area contributed by atoms with Crippen LogP contribution < -0.4 is 22.3 Å². The SMILES string of the molecule is CC1CN(C(=O)CC(C)(C)C)CC1(C)C.NC(=O)C(Cc1ccc[nH]c1=O)NC=O.NC(=O)C(F)(F)F. The van der Waals surface area contributed by atoms with E-state index in [4.69, 9.17) is 10.5 Å². The first-order valence-corrected chi connectivity index (χ1v) is 11.5. The van der Waals surface area contributed by atoms with E-state index in [2.05, 4.69) is 57.6 Å². The van der Waals surface area contributed by atoms with Crippen LogP contribution in [0, 0.1) is 16.7 Å². The molecule has 0 spiro atoms. The van der Waals surface area contributed by atoms with Gasteiger partial charge in [-0.25, -0.2) is 0 Å². The molecule has 2 unspecified atom stereocenters. The van der Waals surface area contributed by atoms with Crippen molar-refractivity contribution in [2.24, 2.45) is 28.2 Å². The van der Waals surface area contributed by atoms with Crippen molar-refractivity contribution in [3.8, 4) is 0 Å². The molecule has 210 valence electrons. The van der Waals surface area contributed by atoms with Crippen molar-refractivity contribution in [1.82, 2.24) is 15.2 Å². The summed E-state index contributed by atoms with van der Waals surface area (Å²) in [6.45, 7) is 15.0. The van der Waals surface area contributed by atoms with E-state index in [1.165, 1.54) is 6.20 Å². The number of aromatic amines is 1. The lowest BCUT2D eigenvalue weighted by atomic mass is 9.84. The number of H-pyrrole nitrogens is 1. The summed E-state index contributed by atoms with van der Waals surface area (Å²) in [4.78, 5) is 58.0. The second kappa shape index (κ2) is 13.8. The van der Waals surface area contributed by atoms with Crippen molar-refractivity contribution in [3.05, 3.63) is 34.2 Å². The second-order valence-corrected chi connectivity index (χ2v) is 10.7. The molecular weight excluding hydrogens is 495 g/mol. The highest BCUT2D eigenvalue weighted by atomic mass is 19.4. The van der Waals surface area contributed by atoms with Gasteiger partial charge in [0.25, 0.3) is 5.56 Å². The van der Waals surface area contributed by atoms with Crippen LogP contribution >= 0.6 is 0 Å². The number of rotatable bonds is 6. The lowest BCUT2D eigenvalue weighted by Gasteiger charge is -2.24. The van der Waals surface area contributed by atoms with Crippen molar-refractivity contribution < 1.29 is 32.3 Å². The number of nitrogens with two attached hydrogens (primary N) is 2. The number of hydrogen-bond acceptors (Lipinski definition) is 5. The Bertz CT molecular complexity index is 986. The standard InChI is InChI=1S/C13H25NO.C9H11N3O3.C2H2F3NO/c1-10-8-14(9-13(10,5)6)11(15)7-12(2,3)4;10-8(14)7(12-5-13)4-6-2-1-3-11-9(6)15;3-2(4,5)1(6)7/h10H,7-9H2,1-6H3;1-3,5,7H,4H2,(H2,10,14)(H,11,15)(H,12,13);(H2,6,7). The van der Waals surface area contributed by atoms with Crippen LogP contribution in [-0.2, 0) is 25.6 Å². The molecule has 1 aromatic heterocycles. The van der Waals surface area contributed by atoms with Gasteiger partial charge in [0.2, 0.25) is 18.2 Å². The van der Waals surface area contributed by atoms with Gasteiger partial charge in [0.15, 0.2) is 0 Å². The number of nitrogens with one attached hydrogen (secondary N) is 2. The number of halogens is 3. The summed E-state index contributed by atoms with van der Waals surface area (Å²) >= 11 is 0. The van der Waals surface area contributed by atoms with E-state index in [9.17, 15) is 32.3 Å². The summed E-state index contributed by atoms with van der Waals surface area (Å²) in [6, 6.07) is 2.35. The largest absolute Gasteiger partial charge is 0.470 e. The smallest absolute Gasteiger partial charge is 0.368 e. The van der Waals surface area contributed by atoms with Gasteiger partial charge in [-0.3, -0.25) is 24.0 Å². The summed E-state index contributed by atoms with van der Waals surface area (Å²) < 4.78 is 32.1. The average molecular weight is 534 g/mol. The molecule has 6 N–H and O–H groups in total. The minimum Gasteiger partial charge on any atom is -0.368 e. The predicted molar refractivity (Wildman–Crippen MR) is 132 cm³/mol. The van der Waals surface area contributed by atoms with Crippen molar-refractivity contribution in [2.45, 2.75) is 66.6 Å². The van der Waals surface area contributed by atoms with E-state index in [1.54, 1.807) is 12.1 Å². The van der Waals surface area contributed by atoms with Gasteiger partial charge in [0.1, 0.15) is 6.04 Å². The summed E-state index contributed by atoms with van der Waals surface area (Å²) in [5, 5.41) is 2.25. The lowest BCUT2D eigenvalue weighted by Crippen LogP contribution is -2.43. The number of pyridine rings is 1. The zero-order valence-corrected chi connectivity index (χ0v) is 22.1. The fraction of sp³-hybridized carbons (Fsp3) is 0.625. The Hall–Kier alpha value is -3.38. The van der Waals surface area contributed by atoms with Crippen LogP contribution in [0.15, 0.2) is 23.1 Å². The number of hydrogen-bond donors (Lipinski definition) is 4. The van der Waals surface area contributed by atoms with Gasteiger partial charge in [-0.05, 0) is 22.8 Å². The number of carbonyl (C=O) groups is 4. The van der Waals surface area contributed by atoms with E-state index < -0.39 is 24.0 Å². The molecule has 1 aromatic rings. The highest BCUT2D eigenvalue weighted by Crippen LogP contribution is 2.35. The van der Waals surface area contributed by atoms with Gasteiger partial charge in [0, 0.05) is 37.7 Å². The van der Waals surface area contributed by atoms with Crippen LogP contribution in [0.4, 0.5) is 13.2 Å². The van der Waals surface area contributed by atoms with Crippen molar-refractivity contribution in [1.29, 1.82) is 0 Å². The predicted octanol–water partition coefficient (Wildman–Crippen LogP) is 1.48. The van der Waals surface area contributed by atoms with Gasteiger partial charge in [-0.2, -0.15) is 13.2 Å². The van der Waals surface area contributed by atoms with Crippen LogP contribution in [0.1, 0.15) is 53.5 Å². The Morgan fingerprint density at radius 2 is 1.78 bits per heavy atom. The molecule has 1 aliphatic rings. The first kappa shape index (κ1) is 33.6. The maximum absolute atomic E-state index is 12.0. The Balaban J connectivity index is 0.000000563.